The summed E-state index contributed by atoms with van der Waals surface area (Å²) in [5, 5.41) is 18.6. The zero-order valence-electron chi connectivity index (χ0n) is 16.8. The highest BCUT2D eigenvalue weighted by atomic mass is 19.1. The van der Waals surface area contributed by atoms with Crippen LogP contribution in [0.5, 0.6) is 0 Å². The third-order valence-corrected chi connectivity index (χ3v) is 5.29. The lowest BCUT2D eigenvalue weighted by Crippen LogP contribution is -2.42. The van der Waals surface area contributed by atoms with Crippen LogP contribution in [-0.2, 0) is 0 Å². The van der Waals surface area contributed by atoms with Crippen LogP contribution in [0.25, 0.3) is 0 Å². The number of benzene rings is 1. The molecule has 0 radical (unpaired) electrons. The molecule has 7 heteroatoms. The zero-order chi connectivity index (χ0) is 20.2. The summed E-state index contributed by atoms with van der Waals surface area (Å²) >= 11 is 0. The molecule has 1 aliphatic rings. The van der Waals surface area contributed by atoms with Gasteiger partial charge in [-0.25, -0.2) is 4.39 Å². The van der Waals surface area contributed by atoms with Crippen LogP contribution in [0.1, 0.15) is 55.8 Å². The maximum absolute atomic E-state index is 13.6. The Bertz CT molecular complexity index is 640. The van der Waals surface area contributed by atoms with Gasteiger partial charge >= 0.3 is 0 Å². The Morgan fingerprint density at radius 3 is 2.54 bits per heavy atom. The number of aliphatic hydroxyl groups excluding tert-OH is 1. The number of carbonyl (C=O) groups excluding carboxylic acids is 1. The number of guanidine groups is 1. The Kier molecular flexibility index (Phi) is 9.20. The molecule has 1 aliphatic carbocycles. The van der Waals surface area contributed by atoms with Gasteiger partial charge in [0.15, 0.2) is 5.96 Å². The van der Waals surface area contributed by atoms with E-state index in [0.717, 1.165) is 25.8 Å². The predicted octanol–water partition coefficient (Wildman–Crippen LogP) is 2.44. The normalized spacial score (nSPS) is 16.5. The average Bonchev–Trinajstić information content (AvgIpc) is 2.70. The third kappa shape index (κ3) is 6.78. The van der Waals surface area contributed by atoms with Crippen LogP contribution in [0.4, 0.5) is 4.39 Å². The molecule has 0 saturated heterocycles. The van der Waals surface area contributed by atoms with Gasteiger partial charge < -0.3 is 21.1 Å². The Morgan fingerprint density at radius 1 is 1.14 bits per heavy atom. The molecule has 0 aromatic heterocycles. The summed E-state index contributed by atoms with van der Waals surface area (Å²) in [5.74, 6) is -0.249. The first-order valence-corrected chi connectivity index (χ1v) is 10.3. The summed E-state index contributed by atoms with van der Waals surface area (Å²) < 4.78 is 13.6. The van der Waals surface area contributed by atoms with E-state index in [1.54, 1.807) is 12.1 Å². The van der Waals surface area contributed by atoms with Gasteiger partial charge in [-0.3, -0.25) is 9.79 Å². The van der Waals surface area contributed by atoms with E-state index in [9.17, 15) is 14.3 Å². The summed E-state index contributed by atoms with van der Waals surface area (Å²) in [6.45, 7) is 4.46. The van der Waals surface area contributed by atoms with E-state index in [-0.39, 0.29) is 17.6 Å². The second-order valence-corrected chi connectivity index (χ2v) is 7.39. The van der Waals surface area contributed by atoms with E-state index in [0.29, 0.717) is 25.6 Å². The van der Waals surface area contributed by atoms with Gasteiger partial charge in [0.2, 0.25) is 0 Å². The number of aliphatic imine (C=N–C) groups is 1. The summed E-state index contributed by atoms with van der Waals surface area (Å²) in [4.78, 5) is 16.8. The number of nitrogens with zero attached hydrogens (tertiary/aromatic N) is 1. The summed E-state index contributed by atoms with van der Waals surface area (Å²) in [6.07, 6.45) is 6.65. The molecular formula is C21H33FN4O2. The van der Waals surface area contributed by atoms with E-state index in [1.165, 1.54) is 31.4 Å². The summed E-state index contributed by atoms with van der Waals surface area (Å²) in [7, 11) is 0. The van der Waals surface area contributed by atoms with Crippen LogP contribution >= 0.6 is 0 Å². The first-order chi connectivity index (χ1) is 13.6. The van der Waals surface area contributed by atoms with Crippen molar-refractivity contribution in [1.29, 1.82) is 0 Å². The van der Waals surface area contributed by atoms with E-state index < -0.39 is 11.7 Å². The molecule has 1 amide bonds. The molecule has 1 fully saturated rings. The van der Waals surface area contributed by atoms with Crippen molar-refractivity contribution in [3.63, 3.8) is 0 Å². The highest BCUT2D eigenvalue weighted by Crippen LogP contribution is 2.39. The van der Waals surface area contributed by atoms with Crippen molar-refractivity contribution in [2.75, 3.05) is 32.8 Å². The molecule has 28 heavy (non-hydrogen) atoms. The smallest absolute Gasteiger partial charge is 0.254 e. The number of halogens is 1. The van der Waals surface area contributed by atoms with Gasteiger partial charge in [0.05, 0.1) is 5.56 Å². The molecule has 1 aromatic rings. The van der Waals surface area contributed by atoms with Crippen molar-refractivity contribution in [1.82, 2.24) is 16.0 Å². The SMILES string of the molecule is CCNC(=NCC1(CCO)CCCCC1)NCCNC(=O)c1ccccc1F. The Balaban J connectivity index is 1.83. The Hall–Kier alpha value is -2.15. The van der Waals surface area contributed by atoms with E-state index in [1.807, 2.05) is 6.92 Å². The zero-order valence-corrected chi connectivity index (χ0v) is 16.8. The van der Waals surface area contributed by atoms with Gasteiger partial charge in [-0.15, -0.1) is 0 Å². The number of hydrogen-bond acceptors (Lipinski definition) is 3. The molecule has 1 aromatic carbocycles. The highest BCUT2D eigenvalue weighted by molar-refractivity contribution is 5.94. The van der Waals surface area contributed by atoms with Gasteiger partial charge in [0.25, 0.3) is 5.91 Å². The fourth-order valence-corrected chi connectivity index (χ4v) is 3.71. The molecule has 0 heterocycles. The molecule has 4 N–H and O–H groups in total. The molecule has 0 atom stereocenters. The molecule has 1 saturated carbocycles. The molecule has 0 bridgehead atoms. The van der Waals surface area contributed by atoms with Crippen molar-refractivity contribution < 1.29 is 14.3 Å². The molecule has 0 aliphatic heterocycles. The van der Waals surface area contributed by atoms with E-state index in [4.69, 9.17) is 4.99 Å². The number of aliphatic hydroxyl groups is 1. The van der Waals surface area contributed by atoms with Crippen molar-refractivity contribution in [3.05, 3.63) is 35.6 Å². The first-order valence-electron chi connectivity index (χ1n) is 10.3. The minimum absolute atomic E-state index is 0.0475. The van der Waals surface area contributed by atoms with Crippen LogP contribution in [0.2, 0.25) is 0 Å². The fourth-order valence-electron chi connectivity index (χ4n) is 3.71. The topological polar surface area (TPSA) is 85.8 Å². The Morgan fingerprint density at radius 2 is 1.86 bits per heavy atom. The molecule has 156 valence electrons. The van der Waals surface area contributed by atoms with Crippen LogP contribution in [0.15, 0.2) is 29.3 Å². The van der Waals surface area contributed by atoms with Gasteiger partial charge in [-0.05, 0) is 43.7 Å². The number of nitrogens with one attached hydrogen (secondary N) is 3. The second-order valence-electron chi connectivity index (χ2n) is 7.39. The quantitative estimate of drug-likeness (QED) is 0.295. The standard InChI is InChI=1S/C21H33FN4O2/c1-2-23-20(26-16-21(12-15-27)10-6-3-7-11-21)25-14-13-24-19(28)17-8-4-5-9-18(17)22/h4-5,8-9,27H,2-3,6-7,10-16H2,1H3,(H,24,28)(H2,23,25,26). The van der Waals surface area contributed by atoms with Crippen molar-refractivity contribution in [3.8, 4) is 0 Å². The van der Waals surface area contributed by atoms with Gasteiger partial charge in [-0.1, -0.05) is 31.4 Å². The van der Waals surface area contributed by atoms with Gasteiger partial charge in [-0.2, -0.15) is 0 Å². The number of amides is 1. The maximum atomic E-state index is 13.6. The van der Waals surface area contributed by atoms with Crippen LogP contribution in [0.3, 0.4) is 0 Å². The van der Waals surface area contributed by atoms with Gasteiger partial charge in [0.1, 0.15) is 5.82 Å². The fraction of sp³-hybridized carbons (Fsp3) is 0.619. The van der Waals surface area contributed by atoms with Crippen LogP contribution < -0.4 is 16.0 Å². The van der Waals surface area contributed by atoms with Crippen LogP contribution in [-0.4, -0.2) is 49.8 Å². The lowest BCUT2D eigenvalue weighted by Gasteiger charge is -2.35. The maximum Gasteiger partial charge on any atom is 0.254 e. The van der Waals surface area contributed by atoms with Gasteiger partial charge in [0, 0.05) is 32.8 Å². The molecule has 6 nitrogen and oxygen atoms in total. The summed E-state index contributed by atoms with van der Waals surface area (Å²) in [5.41, 5.74) is 0.139. The first kappa shape index (κ1) is 22.1. The molecule has 0 spiro atoms. The van der Waals surface area contributed by atoms with Crippen LogP contribution in [0, 0.1) is 11.2 Å². The lowest BCUT2D eigenvalue weighted by atomic mass is 9.72. The number of carbonyl (C=O) groups is 1. The van der Waals surface area contributed by atoms with Crippen molar-refractivity contribution in [2.45, 2.75) is 45.4 Å². The molecular weight excluding hydrogens is 359 g/mol. The highest BCUT2D eigenvalue weighted by Gasteiger charge is 2.31. The molecule has 0 unspecified atom stereocenters. The monoisotopic (exact) mass is 392 g/mol. The minimum atomic E-state index is -0.524. The number of rotatable bonds is 9. The third-order valence-electron chi connectivity index (χ3n) is 5.29. The van der Waals surface area contributed by atoms with Crippen molar-refractivity contribution in [2.24, 2.45) is 10.4 Å². The van der Waals surface area contributed by atoms with Crippen molar-refractivity contribution >= 4 is 11.9 Å². The second kappa shape index (κ2) is 11.6. The molecule has 2 rings (SSSR count). The predicted molar refractivity (Wildman–Crippen MR) is 110 cm³/mol. The largest absolute Gasteiger partial charge is 0.396 e. The van der Waals surface area contributed by atoms with E-state index in [2.05, 4.69) is 16.0 Å². The average molecular weight is 393 g/mol. The summed E-state index contributed by atoms with van der Waals surface area (Å²) in [6, 6.07) is 5.94. The number of hydrogen-bond donors (Lipinski definition) is 4. The van der Waals surface area contributed by atoms with E-state index >= 15 is 0 Å². The Labute approximate surface area is 167 Å². The minimum Gasteiger partial charge on any atom is -0.396 e. The lowest BCUT2D eigenvalue weighted by molar-refractivity contribution is 0.0950.